The number of hydrogen-bond donors (Lipinski definition) is 0. The molecule has 0 rings (SSSR count). The van der Waals surface area contributed by atoms with Crippen molar-refractivity contribution in [2.24, 2.45) is 0 Å². The molecule has 0 aromatic heterocycles. The molecule has 0 saturated heterocycles. The van der Waals surface area contributed by atoms with Gasteiger partial charge in [0.05, 0.1) is 0 Å². The Balaban J connectivity index is 4.52. The maximum Gasteiger partial charge on any atom is 0.306 e. The highest BCUT2D eigenvalue weighted by Gasteiger charge is 2.19. The molecule has 0 radical (unpaired) electrons. The molecule has 0 N–H and O–H groups in total. The minimum Gasteiger partial charge on any atom is -0.462 e. The van der Waals surface area contributed by atoms with Gasteiger partial charge in [0.2, 0.25) is 0 Å². The van der Waals surface area contributed by atoms with E-state index in [-0.39, 0.29) is 31.6 Å². The van der Waals surface area contributed by atoms with Gasteiger partial charge in [-0.05, 0) is 89.9 Å². The molecule has 372 valence electrons. The smallest absolute Gasteiger partial charge is 0.306 e. The van der Waals surface area contributed by atoms with Gasteiger partial charge in [0, 0.05) is 19.3 Å². The fourth-order valence-electron chi connectivity index (χ4n) is 7.28. The molecule has 0 unspecified atom stereocenters. The van der Waals surface area contributed by atoms with E-state index in [4.69, 9.17) is 14.2 Å². The number of carbonyl (C=O) groups excluding carboxylic acids is 3. The molecule has 0 aromatic rings. The molecule has 0 bridgehead atoms. The molecular formula is C59H100O6. The average Bonchev–Trinajstić information content (AvgIpc) is 3.30. The summed E-state index contributed by atoms with van der Waals surface area (Å²) in [4.78, 5) is 38.0. The first-order valence-electron chi connectivity index (χ1n) is 27.1. The van der Waals surface area contributed by atoms with Crippen LogP contribution in [0.1, 0.15) is 252 Å². The van der Waals surface area contributed by atoms with Crippen LogP contribution in [0.4, 0.5) is 0 Å². The molecule has 0 aliphatic rings. The summed E-state index contributed by atoms with van der Waals surface area (Å²) in [5, 5.41) is 0. The third-order valence-corrected chi connectivity index (χ3v) is 11.4. The van der Waals surface area contributed by atoms with Crippen LogP contribution in [-0.4, -0.2) is 37.2 Å². The largest absolute Gasteiger partial charge is 0.462 e. The topological polar surface area (TPSA) is 78.9 Å². The number of rotatable bonds is 48. The molecule has 65 heavy (non-hydrogen) atoms. The van der Waals surface area contributed by atoms with Gasteiger partial charge in [-0.2, -0.15) is 0 Å². The molecule has 0 amide bonds. The number of allylic oxidation sites excluding steroid dienone is 14. The van der Waals surface area contributed by atoms with E-state index in [0.717, 1.165) is 89.9 Å². The molecule has 6 heteroatoms. The summed E-state index contributed by atoms with van der Waals surface area (Å²) in [5.74, 6) is -1.00. The lowest BCUT2D eigenvalue weighted by Crippen LogP contribution is -2.30. The van der Waals surface area contributed by atoms with Gasteiger partial charge in [0.15, 0.2) is 6.10 Å². The van der Waals surface area contributed by atoms with E-state index >= 15 is 0 Å². The lowest BCUT2D eigenvalue weighted by Gasteiger charge is -2.18. The SMILES string of the molecule is CCCCC/C=C\C/C=C\C/C=C\C/C=C\C/C=C\CCC(=O)O[C@H](COC(=O)CCCCCCC/C=C\C/C=C\CCCCC)COC(=O)CCCCCCCCCCCCCCC. The molecule has 6 nitrogen and oxygen atoms in total. The molecule has 0 aliphatic heterocycles. The van der Waals surface area contributed by atoms with Crippen LogP contribution in [0.25, 0.3) is 0 Å². The zero-order valence-corrected chi connectivity index (χ0v) is 42.5. The van der Waals surface area contributed by atoms with E-state index in [1.54, 1.807) is 0 Å². The number of esters is 3. The van der Waals surface area contributed by atoms with Crippen molar-refractivity contribution in [2.45, 2.75) is 258 Å². The second-order valence-electron chi connectivity index (χ2n) is 17.8. The van der Waals surface area contributed by atoms with Gasteiger partial charge < -0.3 is 14.2 Å². The van der Waals surface area contributed by atoms with Gasteiger partial charge in [-0.15, -0.1) is 0 Å². The normalized spacial score (nSPS) is 12.7. The third kappa shape index (κ3) is 51.4. The Morgan fingerprint density at radius 1 is 0.308 bits per heavy atom. The van der Waals surface area contributed by atoms with Crippen LogP contribution in [0.3, 0.4) is 0 Å². The van der Waals surface area contributed by atoms with E-state index in [0.29, 0.717) is 19.3 Å². The highest BCUT2D eigenvalue weighted by Crippen LogP contribution is 2.14. The van der Waals surface area contributed by atoms with Gasteiger partial charge in [0.25, 0.3) is 0 Å². The second kappa shape index (κ2) is 53.2. The minimum atomic E-state index is -0.820. The third-order valence-electron chi connectivity index (χ3n) is 11.4. The number of ether oxygens (including phenoxy) is 3. The summed E-state index contributed by atoms with van der Waals surface area (Å²) in [6.07, 6.45) is 68.6. The van der Waals surface area contributed by atoms with Crippen molar-refractivity contribution in [3.05, 3.63) is 85.1 Å². The van der Waals surface area contributed by atoms with Crippen molar-refractivity contribution < 1.29 is 28.6 Å². The van der Waals surface area contributed by atoms with Crippen LogP contribution in [0.5, 0.6) is 0 Å². The molecular weight excluding hydrogens is 805 g/mol. The molecule has 0 fully saturated rings. The Morgan fingerprint density at radius 3 is 0.954 bits per heavy atom. The Kier molecular flexibility index (Phi) is 50.4. The number of unbranched alkanes of at least 4 members (excludes halogenated alkanes) is 23. The monoisotopic (exact) mass is 905 g/mol. The zero-order valence-electron chi connectivity index (χ0n) is 42.5. The first-order valence-corrected chi connectivity index (χ1v) is 27.1. The van der Waals surface area contributed by atoms with Gasteiger partial charge in [-0.1, -0.05) is 228 Å². The first-order chi connectivity index (χ1) is 32.0. The van der Waals surface area contributed by atoms with Crippen LogP contribution in [0.2, 0.25) is 0 Å². The molecule has 1 atom stereocenters. The van der Waals surface area contributed by atoms with Crippen LogP contribution in [0.15, 0.2) is 85.1 Å². The van der Waals surface area contributed by atoms with Crippen LogP contribution in [-0.2, 0) is 28.6 Å². The maximum absolute atomic E-state index is 12.8. The van der Waals surface area contributed by atoms with Crippen molar-refractivity contribution in [1.82, 2.24) is 0 Å². The predicted octanol–water partition coefficient (Wildman–Crippen LogP) is 18.0. The lowest BCUT2D eigenvalue weighted by atomic mass is 10.0. The number of hydrogen-bond acceptors (Lipinski definition) is 6. The Hall–Kier alpha value is -3.41. The quantitative estimate of drug-likeness (QED) is 0.0262. The molecule has 0 heterocycles. The van der Waals surface area contributed by atoms with Gasteiger partial charge >= 0.3 is 17.9 Å². The summed E-state index contributed by atoms with van der Waals surface area (Å²) in [6.45, 7) is 6.51. The Labute approximate surface area is 401 Å². The lowest BCUT2D eigenvalue weighted by molar-refractivity contribution is -0.166. The molecule has 0 spiro atoms. The van der Waals surface area contributed by atoms with Crippen molar-refractivity contribution in [3.63, 3.8) is 0 Å². The van der Waals surface area contributed by atoms with Crippen molar-refractivity contribution in [1.29, 1.82) is 0 Å². The minimum absolute atomic E-state index is 0.109. The van der Waals surface area contributed by atoms with E-state index in [2.05, 4.69) is 99.8 Å². The van der Waals surface area contributed by atoms with Crippen LogP contribution < -0.4 is 0 Å². The zero-order chi connectivity index (χ0) is 47.2. The second-order valence-corrected chi connectivity index (χ2v) is 17.8. The average molecular weight is 905 g/mol. The Bertz CT molecular complexity index is 1270. The summed E-state index contributed by atoms with van der Waals surface area (Å²) in [7, 11) is 0. The highest BCUT2D eigenvalue weighted by atomic mass is 16.6. The summed E-state index contributed by atoms with van der Waals surface area (Å²) < 4.78 is 16.7. The summed E-state index contributed by atoms with van der Waals surface area (Å²) in [6, 6.07) is 0. The van der Waals surface area contributed by atoms with E-state index in [1.807, 2.05) is 6.08 Å². The van der Waals surface area contributed by atoms with Gasteiger partial charge in [-0.3, -0.25) is 14.4 Å². The highest BCUT2D eigenvalue weighted by molar-refractivity contribution is 5.71. The standard InChI is InChI=1S/C59H100O6/c1-4-7-10-13-16-19-22-25-27-28-29-30-32-35-38-41-44-47-50-53-59(62)65-56(54-63-57(60)51-48-45-42-39-36-33-24-21-18-15-12-9-6-3)55-64-58(61)52-49-46-43-40-37-34-31-26-23-20-17-14-11-8-5-2/h16-17,19-20,25-27,29-31,35,38,44,47,56H,4-15,18,21-24,28,32-34,36-37,39-43,45-46,48-55H2,1-3H3/b19-16-,20-17-,27-25-,30-29-,31-26-,38-35-,47-44-/t56-/m0/s1. The number of carbonyl (C=O) groups is 3. The van der Waals surface area contributed by atoms with Gasteiger partial charge in [0.1, 0.15) is 13.2 Å². The van der Waals surface area contributed by atoms with Crippen LogP contribution >= 0.6 is 0 Å². The predicted molar refractivity (Wildman–Crippen MR) is 279 cm³/mol. The fourth-order valence-corrected chi connectivity index (χ4v) is 7.28. The maximum atomic E-state index is 12.8. The van der Waals surface area contributed by atoms with E-state index < -0.39 is 12.1 Å². The first kappa shape index (κ1) is 61.6. The van der Waals surface area contributed by atoms with Crippen molar-refractivity contribution >= 4 is 17.9 Å². The Morgan fingerprint density at radius 2 is 0.585 bits per heavy atom. The van der Waals surface area contributed by atoms with Crippen molar-refractivity contribution in [3.8, 4) is 0 Å². The molecule has 0 aliphatic carbocycles. The van der Waals surface area contributed by atoms with Crippen molar-refractivity contribution in [2.75, 3.05) is 13.2 Å². The summed E-state index contributed by atoms with van der Waals surface area (Å²) >= 11 is 0. The molecule has 0 aromatic carbocycles. The fraction of sp³-hybridized carbons (Fsp3) is 0.712. The van der Waals surface area contributed by atoms with E-state index in [1.165, 1.54) is 116 Å². The summed E-state index contributed by atoms with van der Waals surface area (Å²) in [5.41, 5.74) is 0. The van der Waals surface area contributed by atoms with Gasteiger partial charge in [-0.25, -0.2) is 0 Å². The van der Waals surface area contributed by atoms with Crippen LogP contribution in [0, 0.1) is 0 Å². The van der Waals surface area contributed by atoms with E-state index in [9.17, 15) is 14.4 Å². The molecule has 0 saturated carbocycles.